The van der Waals surface area contributed by atoms with E-state index in [9.17, 15) is 14.8 Å². The maximum atomic E-state index is 12.7. The first kappa shape index (κ1) is 22.0. The second-order valence-corrected chi connectivity index (χ2v) is 9.05. The van der Waals surface area contributed by atoms with Crippen LogP contribution in [-0.2, 0) is 28.7 Å². The summed E-state index contributed by atoms with van der Waals surface area (Å²) < 4.78 is 17.3. The van der Waals surface area contributed by atoms with Gasteiger partial charge >= 0.3 is 11.9 Å². The number of esters is 2. The smallest absolute Gasteiger partial charge is 0.334 e. The Morgan fingerprint density at radius 3 is 2.52 bits per heavy atom. The van der Waals surface area contributed by atoms with Crippen LogP contribution in [0.25, 0.3) is 0 Å². The summed E-state index contributed by atoms with van der Waals surface area (Å²) in [5.41, 5.74) is -0.118. The van der Waals surface area contributed by atoms with Crippen LogP contribution < -0.4 is 0 Å². The minimum Gasteiger partial charge on any atom is -0.458 e. The monoisotopic (exact) mass is 408 g/mol. The first-order valence-electron chi connectivity index (χ1n) is 10.3. The highest BCUT2D eigenvalue weighted by molar-refractivity contribution is 5.89. The fourth-order valence-corrected chi connectivity index (χ4v) is 4.60. The normalized spacial score (nSPS) is 41.0. The molecule has 2 bridgehead atoms. The van der Waals surface area contributed by atoms with Crippen molar-refractivity contribution in [3.8, 4) is 0 Å². The number of fused-ring (bicyclic) bond motifs is 4. The van der Waals surface area contributed by atoms with Crippen LogP contribution in [0.15, 0.2) is 24.3 Å². The fraction of sp³-hybridized carbons (Fsp3) is 0.727. The largest absolute Gasteiger partial charge is 0.458 e. The van der Waals surface area contributed by atoms with Gasteiger partial charge in [0.05, 0.1) is 11.7 Å². The van der Waals surface area contributed by atoms with Gasteiger partial charge in [0.1, 0.15) is 17.8 Å². The topological polar surface area (TPSA) is 94.6 Å². The van der Waals surface area contributed by atoms with Crippen LogP contribution in [-0.4, -0.2) is 46.7 Å². The van der Waals surface area contributed by atoms with Crippen LogP contribution in [0.1, 0.15) is 65.7 Å². The zero-order chi connectivity index (χ0) is 21.4. The molecule has 7 heteroatoms. The molecule has 1 unspecified atom stereocenters. The van der Waals surface area contributed by atoms with Gasteiger partial charge in [-0.2, -0.15) is 0 Å². The maximum Gasteiger partial charge on any atom is 0.334 e. The van der Waals surface area contributed by atoms with Gasteiger partial charge in [0.25, 0.3) is 0 Å². The lowest BCUT2D eigenvalue weighted by Gasteiger charge is -2.36. The third-order valence-corrected chi connectivity index (χ3v) is 6.81. The van der Waals surface area contributed by atoms with E-state index in [-0.39, 0.29) is 17.6 Å². The first-order chi connectivity index (χ1) is 13.6. The summed E-state index contributed by atoms with van der Waals surface area (Å²) in [6.45, 7) is 13.2. The van der Waals surface area contributed by atoms with Crippen molar-refractivity contribution in [2.24, 2.45) is 5.92 Å². The standard InChI is InChI=1S/C22H32O7/c1-13-6-7-18(26-15(3)23)21(4)10-8-16(14(2)20(24)28-21)12-19-22(5,27-19)11-9-17(13)29-25/h16-19,25H,1-2,6-12H2,3-5H3/t16-,17-,18-,19?,21-,22+/m1/s1. The Labute approximate surface area is 172 Å². The third-order valence-electron chi connectivity index (χ3n) is 6.81. The molecule has 0 amide bonds. The summed E-state index contributed by atoms with van der Waals surface area (Å²) in [6, 6.07) is 0. The minimum absolute atomic E-state index is 0.0150. The van der Waals surface area contributed by atoms with Crippen molar-refractivity contribution < 1.29 is 33.9 Å². The van der Waals surface area contributed by atoms with E-state index in [1.165, 1.54) is 6.92 Å². The highest BCUT2D eigenvalue weighted by Crippen LogP contribution is 2.48. The molecule has 0 aromatic carbocycles. The van der Waals surface area contributed by atoms with Gasteiger partial charge in [-0.25, -0.2) is 9.68 Å². The Morgan fingerprint density at radius 2 is 1.86 bits per heavy atom. The zero-order valence-electron chi connectivity index (χ0n) is 17.6. The van der Waals surface area contributed by atoms with Crippen molar-refractivity contribution in [2.45, 2.75) is 95.2 Å². The van der Waals surface area contributed by atoms with Gasteiger partial charge in [-0.1, -0.05) is 13.2 Å². The van der Waals surface area contributed by atoms with Gasteiger partial charge < -0.3 is 14.2 Å². The second-order valence-electron chi connectivity index (χ2n) is 9.05. The van der Waals surface area contributed by atoms with Crippen LogP contribution in [0.3, 0.4) is 0 Å². The summed E-state index contributed by atoms with van der Waals surface area (Å²) in [5.74, 6) is -0.924. The van der Waals surface area contributed by atoms with Crippen LogP contribution in [0.2, 0.25) is 0 Å². The van der Waals surface area contributed by atoms with Gasteiger partial charge in [0, 0.05) is 12.5 Å². The van der Waals surface area contributed by atoms with Gasteiger partial charge in [0.15, 0.2) is 0 Å². The number of hydrogen-bond donors (Lipinski definition) is 1. The lowest BCUT2D eigenvalue weighted by atomic mass is 9.82. The molecule has 29 heavy (non-hydrogen) atoms. The molecule has 1 N–H and O–H groups in total. The van der Waals surface area contributed by atoms with Gasteiger partial charge in [0.2, 0.25) is 0 Å². The van der Waals surface area contributed by atoms with Crippen LogP contribution in [0.4, 0.5) is 0 Å². The van der Waals surface area contributed by atoms with Gasteiger partial charge in [-0.05, 0) is 70.3 Å². The van der Waals surface area contributed by atoms with Crippen LogP contribution >= 0.6 is 0 Å². The highest BCUT2D eigenvalue weighted by atomic mass is 17.1. The molecular weight excluding hydrogens is 376 g/mol. The van der Waals surface area contributed by atoms with E-state index in [4.69, 9.17) is 14.2 Å². The van der Waals surface area contributed by atoms with Gasteiger partial charge in [-0.15, -0.1) is 0 Å². The van der Waals surface area contributed by atoms with E-state index < -0.39 is 29.7 Å². The summed E-state index contributed by atoms with van der Waals surface area (Å²) in [4.78, 5) is 29.2. The van der Waals surface area contributed by atoms with E-state index in [2.05, 4.69) is 18.0 Å². The highest BCUT2D eigenvalue weighted by Gasteiger charge is 2.54. The molecule has 1 saturated carbocycles. The second kappa shape index (κ2) is 8.20. The van der Waals surface area contributed by atoms with E-state index in [0.717, 1.165) is 0 Å². The quantitative estimate of drug-likeness (QED) is 0.186. The average Bonchev–Trinajstić information content (AvgIpc) is 3.31. The molecule has 3 aliphatic rings. The van der Waals surface area contributed by atoms with E-state index >= 15 is 0 Å². The summed E-state index contributed by atoms with van der Waals surface area (Å²) >= 11 is 0. The number of ether oxygens (including phenoxy) is 3. The molecule has 3 fully saturated rings. The Balaban J connectivity index is 1.90. The van der Waals surface area contributed by atoms with E-state index in [1.54, 1.807) is 6.92 Å². The summed E-state index contributed by atoms with van der Waals surface area (Å²) in [7, 11) is 0. The molecule has 2 aliphatic heterocycles. The number of carbonyl (C=O) groups excluding carboxylic acids is 2. The Bertz CT molecular complexity index is 701. The van der Waals surface area contributed by atoms with Crippen molar-refractivity contribution >= 4 is 11.9 Å². The Hall–Kier alpha value is -1.70. The molecule has 162 valence electrons. The molecule has 0 spiro atoms. The fourth-order valence-electron chi connectivity index (χ4n) is 4.60. The molecule has 0 aromatic rings. The van der Waals surface area contributed by atoms with Crippen molar-refractivity contribution in [2.75, 3.05) is 0 Å². The lowest BCUT2D eigenvalue weighted by Crippen LogP contribution is -2.45. The van der Waals surface area contributed by atoms with E-state index in [1.807, 2.05) is 6.92 Å². The Kier molecular flexibility index (Phi) is 6.22. The summed E-state index contributed by atoms with van der Waals surface area (Å²) in [6.07, 6.45) is 2.95. The number of rotatable bonds is 2. The number of carbonyl (C=O) groups is 2. The molecular formula is C22H32O7. The van der Waals surface area contributed by atoms with Crippen molar-refractivity contribution in [3.63, 3.8) is 0 Å². The first-order valence-corrected chi connectivity index (χ1v) is 10.3. The predicted octanol–water partition coefficient (Wildman–Crippen LogP) is 3.72. The predicted molar refractivity (Wildman–Crippen MR) is 105 cm³/mol. The summed E-state index contributed by atoms with van der Waals surface area (Å²) in [5, 5.41) is 9.36. The molecule has 6 atom stereocenters. The maximum absolute atomic E-state index is 12.7. The molecule has 0 radical (unpaired) electrons. The number of hydrogen-bond acceptors (Lipinski definition) is 7. The third kappa shape index (κ3) is 4.73. The molecule has 0 aromatic heterocycles. The average molecular weight is 408 g/mol. The lowest BCUT2D eigenvalue weighted by molar-refractivity contribution is -0.270. The molecule has 1 aliphatic carbocycles. The van der Waals surface area contributed by atoms with E-state index in [0.29, 0.717) is 56.1 Å². The van der Waals surface area contributed by atoms with Gasteiger partial charge in [-0.3, -0.25) is 10.1 Å². The number of epoxide rings is 1. The van der Waals surface area contributed by atoms with Crippen LogP contribution in [0.5, 0.6) is 0 Å². The zero-order valence-corrected chi connectivity index (χ0v) is 17.6. The minimum atomic E-state index is -0.964. The molecule has 3 rings (SSSR count). The molecule has 2 saturated heterocycles. The van der Waals surface area contributed by atoms with Crippen LogP contribution in [0, 0.1) is 5.92 Å². The molecule has 7 nitrogen and oxygen atoms in total. The van der Waals surface area contributed by atoms with Crippen molar-refractivity contribution in [1.29, 1.82) is 0 Å². The molecule has 2 heterocycles. The van der Waals surface area contributed by atoms with Crippen molar-refractivity contribution in [1.82, 2.24) is 0 Å². The SMILES string of the molecule is C=C1C(=O)O[C@]2(C)CC[C@@H]1CC1O[C@@]1(C)CC[C@@H](OO)C(=C)CC[C@H]2OC(C)=O. The Morgan fingerprint density at radius 1 is 1.17 bits per heavy atom. The van der Waals surface area contributed by atoms with Crippen molar-refractivity contribution in [3.05, 3.63) is 24.3 Å².